The van der Waals surface area contributed by atoms with Crippen LogP contribution in [0.1, 0.15) is 96.2 Å². The lowest BCUT2D eigenvalue weighted by Crippen LogP contribution is -2.24. The van der Waals surface area contributed by atoms with Crippen molar-refractivity contribution in [3.05, 3.63) is 92.4 Å². The van der Waals surface area contributed by atoms with Gasteiger partial charge in [0, 0.05) is 35.3 Å². The van der Waals surface area contributed by atoms with E-state index < -0.39 is 0 Å². The Bertz CT molecular complexity index is 1690. The van der Waals surface area contributed by atoms with Gasteiger partial charge in [-0.2, -0.15) is 4.98 Å². The Morgan fingerprint density at radius 1 is 1.04 bits per heavy atom. The van der Waals surface area contributed by atoms with E-state index in [-0.39, 0.29) is 39.4 Å². The predicted octanol–water partition coefficient (Wildman–Crippen LogP) is 6.38. The zero-order valence-corrected chi connectivity index (χ0v) is 29.6. The number of aliphatic imine (C=N–C) groups is 1. The number of nitrogens with two attached hydrogens (primary N) is 3. The fraction of sp³-hybridized carbons (Fsp3) is 0.472. The third-order valence-corrected chi connectivity index (χ3v) is 8.27. The predicted molar refractivity (Wildman–Crippen MR) is 194 cm³/mol. The lowest BCUT2D eigenvalue weighted by Gasteiger charge is -2.22. The molecule has 0 aliphatic carbocycles. The molecule has 0 radical (unpaired) electrons. The SMILES string of the molecule is CC(C)(C)c1cc(CCCCN)cc(F)c1Cl.C[C@H](NCCCN=C(N)N)c1ccc(-n2cc3cc(C(C)(C)C)[nH]c3nc2=O)cc1. The van der Waals surface area contributed by atoms with Gasteiger partial charge in [-0.25, -0.2) is 9.18 Å². The fourth-order valence-electron chi connectivity index (χ4n) is 5.04. The monoisotopic (exact) mass is 666 g/mol. The van der Waals surface area contributed by atoms with E-state index in [1.165, 1.54) is 6.07 Å². The van der Waals surface area contributed by atoms with E-state index in [1.54, 1.807) is 4.57 Å². The summed E-state index contributed by atoms with van der Waals surface area (Å²) in [5, 5.41) is 4.61. The number of rotatable bonds is 11. The van der Waals surface area contributed by atoms with Crippen molar-refractivity contribution >= 4 is 28.6 Å². The molecule has 2 aromatic heterocycles. The van der Waals surface area contributed by atoms with Gasteiger partial charge in [-0.15, -0.1) is 0 Å². The van der Waals surface area contributed by atoms with Gasteiger partial charge >= 0.3 is 5.69 Å². The maximum Gasteiger partial charge on any atom is 0.354 e. The number of hydrogen-bond acceptors (Lipinski definition) is 5. The van der Waals surface area contributed by atoms with E-state index in [0.717, 1.165) is 65.7 Å². The zero-order chi connectivity index (χ0) is 34.9. The third kappa shape index (κ3) is 10.9. The average molecular weight is 667 g/mol. The van der Waals surface area contributed by atoms with Crippen molar-refractivity contribution in [2.75, 3.05) is 19.6 Å². The largest absolute Gasteiger partial charge is 0.370 e. The van der Waals surface area contributed by atoms with Gasteiger partial charge in [0.2, 0.25) is 0 Å². The number of unbranched alkanes of at least 4 members (excludes halogenated alkanes) is 1. The number of aromatic nitrogens is 3. The topological polar surface area (TPSA) is 153 Å². The molecule has 0 unspecified atom stereocenters. The summed E-state index contributed by atoms with van der Waals surface area (Å²) in [5.74, 6) is -0.197. The number of nitrogens with zero attached hydrogens (tertiary/aromatic N) is 3. The van der Waals surface area contributed by atoms with Crippen LogP contribution in [0, 0.1) is 5.82 Å². The molecule has 0 bridgehead atoms. The van der Waals surface area contributed by atoms with Crippen molar-refractivity contribution < 1.29 is 4.39 Å². The summed E-state index contributed by atoms with van der Waals surface area (Å²) in [7, 11) is 0. The zero-order valence-electron chi connectivity index (χ0n) is 28.9. The van der Waals surface area contributed by atoms with Crippen molar-refractivity contribution in [1.82, 2.24) is 19.9 Å². The van der Waals surface area contributed by atoms with Gasteiger partial charge in [0.05, 0.1) is 10.7 Å². The first kappa shape index (κ1) is 37.7. The minimum atomic E-state index is -0.318. The van der Waals surface area contributed by atoms with Gasteiger partial charge in [0.15, 0.2) is 5.96 Å². The highest BCUT2D eigenvalue weighted by atomic mass is 35.5. The number of H-pyrrole nitrogens is 1. The maximum absolute atomic E-state index is 13.7. The van der Waals surface area contributed by atoms with Crippen molar-refractivity contribution in [3.8, 4) is 5.69 Å². The molecule has 0 aliphatic heterocycles. The highest BCUT2D eigenvalue weighted by Gasteiger charge is 2.21. The summed E-state index contributed by atoms with van der Waals surface area (Å²) in [6, 6.07) is 13.7. The van der Waals surface area contributed by atoms with Gasteiger partial charge in [0.1, 0.15) is 11.5 Å². The first-order valence-electron chi connectivity index (χ1n) is 16.2. The number of aromatic amines is 1. The number of guanidine groups is 1. The summed E-state index contributed by atoms with van der Waals surface area (Å²) >= 11 is 6.02. The van der Waals surface area contributed by atoms with Crippen molar-refractivity contribution in [3.63, 3.8) is 0 Å². The molecule has 256 valence electrons. The van der Waals surface area contributed by atoms with Crippen LogP contribution in [0.5, 0.6) is 0 Å². The molecule has 1 atom stereocenters. The van der Waals surface area contributed by atoms with E-state index in [1.807, 2.05) is 57.3 Å². The van der Waals surface area contributed by atoms with Gasteiger partial charge in [-0.05, 0) is 92.1 Å². The summed E-state index contributed by atoms with van der Waals surface area (Å²) in [5.41, 5.74) is 21.1. The molecular weight excluding hydrogens is 615 g/mol. The second kappa shape index (κ2) is 16.4. The lowest BCUT2D eigenvalue weighted by molar-refractivity contribution is 0.562. The Labute approximate surface area is 283 Å². The lowest BCUT2D eigenvalue weighted by atomic mass is 9.85. The van der Waals surface area contributed by atoms with Crippen LogP contribution in [-0.2, 0) is 17.3 Å². The smallest absolute Gasteiger partial charge is 0.354 e. The molecule has 9 nitrogen and oxygen atoms in total. The number of aryl methyl sites for hydroxylation is 1. The van der Waals surface area contributed by atoms with Gasteiger partial charge < -0.3 is 27.5 Å². The van der Waals surface area contributed by atoms with Crippen LogP contribution >= 0.6 is 11.6 Å². The molecule has 0 saturated heterocycles. The summed E-state index contributed by atoms with van der Waals surface area (Å²) in [6.07, 6.45) is 5.51. The van der Waals surface area contributed by atoms with Crippen molar-refractivity contribution in [2.24, 2.45) is 22.2 Å². The Morgan fingerprint density at radius 3 is 2.32 bits per heavy atom. The summed E-state index contributed by atoms with van der Waals surface area (Å²) in [6.45, 7) is 16.7. The molecule has 0 spiro atoms. The Morgan fingerprint density at radius 2 is 1.72 bits per heavy atom. The summed E-state index contributed by atoms with van der Waals surface area (Å²) in [4.78, 5) is 24.0. The molecule has 47 heavy (non-hydrogen) atoms. The van der Waals surface area contributed by atoms with Crippen LogP contribution < -0.4 is 28.2 Å². The van der Waals surface area contributed by atoms with Gasteiger partial charge in [0.25, 0.3) is 0 Å². The van der Waals surface area contributed by atoms with E-state index in [2.05, 4.69) is 54.0 Å². The second-order valence-electron chi connectivity index (χ2n) is 14.0. The first-order chi connectivity index (χ1) is 22.0. The molecular formula is C36H52ClFN8O. The quantitative estimate of drug-likeness (QED) is 0.0711. The normalized spacial score (nSPS) is 12.5. The Kier molecular flexibility index (Phi) is 13.2. The van der Waals surface area contributed by atoms with Crippen LogP contribution in [0.25, 0.3) is 16.7 Å². The van der Waals surface area contributed by atoms with Crippen LogP contribution in [0.4, 0.5) is 4.39 Å². The highest BCUT2D eigenvalue weighted by Crippen LogP contribution is 2.33. The number of halogens is 2. The molecule has 0 aliphatic rings. The number of fused-ring (bicyclic) bond motifs is 1. The number of benzene rings is 2. The van der Waals surface area contributed by atoms with E-state index >= 15 is 0 Å². The number of hydrogen-bond donors (Lipinski definition) is 5. The molecule has 2 aromatic carbocycles. The minimum Gasteiger partial charge on any atom is -0.370 e. The van der Waals surface area contributed by atoms with E-state index in [4.69, 9.17) is 28.8 Å². The van der Waals surface area contributed by atoms with Crippen molar-refractivity contribution in [2.45, 2.75) is 91.0 Å². The fourth-order valence-corrected chi connectivity index (χ4v) is 5.43. The highest BCUT2D eigenvalue weighted by molar-refractivity contribution is 6.31. The van der Waals surface area contributed by atoms with E-state index in [9.17, 15) is 9.18 Å². The molecule has 8 N–H and O–H groups in total. The summed E-state index contributed by atoms with van der Waals surface area (Å²) < 4.78 is 15.3. The van der Waals surface area contributed by atoms with Crippen molar-refractivity contribution in [1.29, 1.82) is 0 Å². The van der Waals surface area contributed by atoms with Crippen LogP contribution in [0.2, 0.25) is 5.02 Å². The van der Waals surface area contributed by atoms with Gasteiger partial charge in [-0.1, -0.05) is 71.3 Å². The maximum atomic E-state index is 13.7. The molecule has 0 saturated carbocycles. The first-order valence-corrected chi connectivity index (χ1v) is 16.6. The standard InChI is InChI=1S/C22H31N7O.C14H21ClFN/c1-14(25-10-5-11-26-20(23)24)15-6-8-17(9-7-15)29-13-16-12-18(22(2,3)4)27-19(16)28-21(29)30;1-14(2,3)11-8-10(6-4-5-7-17)9-12(16)13(11)15/h6-9,12-14,25H,5,10-11H2,1-4H3,(H4,23,24,26)(H,27,28,30);8-9H,4-7,17H2,1-3H3/t14-;/m0./s1. The molecule has 4 rings (SSSR count). The molecule has 11 heteroatoms. The molecule has 0 amide bonds. The van der Waals surface area contributed by atoms with Crippen LogP contribution in [0.15, 0.2) is 58.4 Å². The number of nitrogens with one attached hydrogen (secondary N) is 2. The Balaban J connectivity index is 0.000000300. The molecule has 0 fully saturated rings. The van der Waals surface area contributed by atoms with E-state index in [0.29, 0.717) is 18.7 Å². The van der Waals surface area contributed by atoms with Gasteiger partial charge in [-0.3, -0.25) is 9.56 Å². The second-order valence-corrected chi connectivity index (χ2v) is 14.4. The van der Waals surface area contributed by atoms with Crippen LogP contribution in [-0.4, -0.2) is 40.1 Å². The minimum absolute atomic E-state index is 0.0390. The molecule has 4 aromatic rings. The third-order valence-electron chi connectivity index (χ3n) is 7.88. The average Bonchev–Trinajstić information content (AvgIpc) is 3.42. The molecule has 2 heterocycles. The van der Waals surface area contributed by atoms with Crippen LogP contribution in [0.3, 0.4) is 0 Å². The Hall–Kier alpha value is -3.73.